The van der Waals surface area contributed by atoms with Crippen molar-refractivity contribution in [3.63, 3.8) is 0 Å². The van der Waals surface area contributed by atoms with Crippen molar-refractivity contribution < 1.29 is 23.7 Å². The average Bonchev–Trinajstić information content (AvgIpc) is 3.27. The lowest BCUT2D eigenvalue weighted by Crippen LogP contribution is -2.57. The van der Waals surface area contributed by atoms with Gasteiger partial charge in [0.2, 0.25) is 5.54 Å². The number of ether oxygens (including phenoxy) is 4. The summed E-state index contributed by atoms with van der Waals surface area (Å²) in [6.07, 6.45) is 0.360. The van der Waals surface area contributed by atoms with Crippen molar-refractivity contribution in [2.45, 2.75) is 44.2 Å². The zero-order valence-corrected chi connectivity index (χ0v) is 22.5. The number of benzene rings is 4. The van der Waals surface area contributed by atoms with Crippen LogP contribution in [0.4, 0.5) is 0 Å². The highest BCUT2D eigenvalue weighted by Crippen LogP contribution is 2.31. The minimum atomic E-state index is -1.14. The quantitative estimate of drug-likeness (QED) is 0.148. The van der Waals surface area contributed by atoms with E-state index in [4.69, 9.17) is 18.9 Å². The maximum absolute atomic E-state index is 13.8. The van der Waals surface area contributed by atoms with E-state index in [0.717, 1.165) is 27.0 Å². The lowest BCUT2D eigenvalue weighted by atomic mass is 9.93. The topological polar surface area (TPSA) is 63.0 Å². The zero-order chi connectivity index (χ0) is 27.5. The summed E-state index contributed by atoms with van der Waals surface area (Å²) in [7, 11) is 0. The first-order chi connectivity index (χ1) is 19.7. The van der Waals surface area contributed by atoms with Crippen LogP contribution in [-0.2, 0) is 45.4 Å². The van der Waals surface area contributed by atoms with Gasteiger partial charge in [-0.25, -0.2) is 0 Å². The lowest BCUT2D eigenvalue weighted by molar-refractivity contribution is -0.560. The fraction of sp³-hybridized carbons (Fsp3) is 0.265. The molecule has 4 aromatic carbocycles. The van der Waals surface area contributed by atoms with Gasteiger partial charge in [-0.2, -0.15) is 4.74 Å². The van der Waals surface area contributed by atoms with E-state index in [-0.39, 0.29) is 13.2 Å². The highest BCUT2D eigenvalue weighted by Gasteiger charge is 2.58. The Hall–Kier alpha value is -3.81. The van der Waals surface area contributed by atoms with E-state index >= 15 is 0 Å². The van der Waals surface area contributed by atoms with Gasteiger partial charge in [-0.15, -0.1) is 0 Å². The van der Waals surface area contributed by atoms with Gasteiger partial charge in [-0.3, -0.25) is 0 Å². The molecule has 0 amide bonds. The van der Waals surface area contributed by atoms with Gasteiger partial charge >= 0.3 is 0 Å². The van der Waals surface area contributed by atoms with Gasteiger partial charge in [0.1, 0.15) is 13.2 Å². The molecule has 0 aliphatic carbocycles. The van der Waals surface area contributed by atoms with E-state index < -0.39 is 17.7 Å². The summed E-state index contributed by atoms with van der Waals surface area (Å²) < 4.78 is 26.2. The van der Waals surface area contributed by atoms with Crippen molar-refractivity contribution in [2.24, 2.45) is 0 Å². The van der Waals surface area contributed by atoms with Crippen LogP contribution in [0.1, 0.15) is 22.3 Å². The van der Waals surface area contributed by atoms with E-state index in [1.165, 1.54) is 0 Å². The Labute approximate surface area is 236 Å². The molecule has 40 heavy (non-hydrogen) atoms. The van der Waals surface area contributed by atoms with Crippen LogP contribution >= 0.6 is 0 Å². The Bertz CT molecular complexity index is 1270. The van der Waals surface area contributed by atoms with Crippen LogP contribution < -0.4 is 0 Å². The highest BCUT2D eigenvalue weighted by molar-refractivity contribution is 5.62. The van der Waals surface area contributed by atoms with Gasteiger partial charge in [0.05, 0.1) is 26.4 Å². The Balaban J connectivity index is 1.38. The Morgan fingerprint density at radius 3 is 1.32 bits per heavy atom. The van der Waals surface area contributed by atoms with E-state index in [1.54, 1.807) is 6.21 Å². The van der Waals surface area contributed by atoms with Crippen molar-refractivity contribution in [3.05, 3.63) is 149 Å². The summed E-state index contributed by atoms with van der Waals surface area (Å²) in [5, 5.41) is 13.8. The van der Waals surface area contributed by atoms with Gasteiger partial charge in [0.15, 0.2) is 18.4 Å². The highest BCUT2D eigenvalue weighted by atomic mass is 16.6. The van der Waals surface area contributed by atoms with E-state index in [1.807, 2.05) is 121 Å². The van der Waals surface area contributed by atoms with Crippen molar-refractivity contribution in [1.29, 1.82) is 0 Å². The first-order valence-corrected chi connectivity index (χ1v) is 13.6. The molecule has 0 unspecified atom stereocenters. The monoisotopic (exact) mass is 537 g/mol. The summed E-state index contributed by atoms with van der Waals surface area (Å²) in [5.41, 5.74) is 2.95. The molecule has 2 atom stereocenters. The SMILES string of the molecule is [O-][N+]1=C[C@@H](OCc2ccccc2)[C@@H](OCc2ccccc2)C1(COCc1ccccc1)COCc1ccccc1. The van der Waals surface area contributed by atoms with E-state index in [9.17, 15) is 5.21 Å². The minimum absolute atomic E-state index is 0.112. The molecule has 0 saturated heterocycles. The van der Waals surface area contributed by atoms with E-state index in [2.05, 4.69) is 0 Å². The summed E-state index contributed by atoms with van der Waals surface area (Å²) in [6.45, 7) is 1.65. The lowest BCUT2D eigenvalue weighted by Gasteiger charge is -2.34. The van der Waals surface area contributed by atoms with E-state index in [0.29, 0.717) is 26.4 Å². The Morgan fingerprint density at radius 1 is 0.525 bits per heavy atom. The Morgan fingerprint density at radius 2 is 0.900 bits per heavy atom. The maximum Gasteiger partial charge on any atom is 0.247 e. The molecule has 0 spiro atoms. The molecule has 5 rings (SSSR count). The number of hydroxylamine groups is 1. The van der Waals surface area contributed by atoms with Crippen LogP contribution in [0.15, 0.2) is 121 Å². The van der Waals surface area contributed by atoms with Gasteiger partial charge in [-0.1, -0.05) is 121 Å². The van der Waals surface area contributed by atoms with Gasteiger partial charge in [-0.05, 0) is 22.3 Å². The van der Waals surface area contributed by atoms with Gasteiger partial charge in [0, 0.05) is 0 Å². The average molecular weight is 538 g/mol. The summed E-state index contributed by atoms with van der Waals surface area (Å²) in [4.78, 5) is 0. The molecule has 0 fully saturated rings. The molecule has 0 bridgehead atoms. The normalized spacial score (nSPS) is 17.9. The molecular formula is C34H35NO5. The van der Waals surface area contributed by atoms with Crippen LogP contribution in [0.25, 0.3) is 0 Å². The molecule has 4 aromatic rings. The molecule has 1 aliphatic rings. The van der Waals surface area contributed by atoms with Gasteiger partial charge in [0.25, 0.3) is 0 Å². The molecule has 0 radical (unpaired) electrons. The first-order valence-electron chi connectivity index (χ1n) is 13.6. The second-order valence-electron chi connectivity index (χ2n) is 10.0. The van der Waals surface area contributed by atoms with Crippen LogP contribution in [-0.4, -0.2) is 41.9 Å². The third kappa shape index (κ3) is 7.23. The summed E-state index contributed by atoms with van der Waals surface area (Å²) >= 11 is 0. The molecule has 6 nitrogen and oxygen atoms in total. The van der Waals surface area contributed by atoms with Crippen molar-refractivity contribution >= 4 is 6.21 Å². The fourth-order valence-corrected chi connectivity index (χ4v) is 4.87. The summed E-state index contributed by atoms with van der Waals surface area (Å²) in [5.74, 6) is 0. The van der Waals surface area contributed by atoms with Crippen molar-refractivity contribution in [2.75, 3.05) is 13.2 Å². The zero-order valence-electron chi connectivity index (χ0n) is 22.5. The Kier molecular flexibility index (Phi) is 9.72. The third-order valence-electron chi connectivity index (χ3n) is 7.03. The van der Waals surface area contributed by atoms with Crippen LogP contribution in [0.2, 0.25) is 0 Å². The predicted molar refractivity (Wildman–Crippen MR) is 155 cm³/mol. The molecule has 206 valence electrons. The smallest absolute Gasteiger partial charge is 0.247 e. The second-order valence-corrected chi connectivity index (χ2v) is 10.0. The predicted octanol–water partition coefficient (Wildman–Crippen LogP) is 5.92. The number of hydrogen-bond acceptors (Lipinski definition) is 5. The van der Waals surface area contributed by atoms with Crippen molar-refractivity contribution in [3.8, 4) is 0 Å². The second kappa shape index (κ2) is 14.0. The minimum Gasteiger partial charge on any atom is -0.623 e. The molecule has 6 heteroatoms. The van der Waals surface area contributed by atoms with Gasteiger partial charge < -0.3 is 24.2 Å². The molecule has 1 heterocycles. The van der Waals surface area contributed by atoms with Crippen LogP contribution in [0.5, 0.6) is 0 Å². The van der Waals surface area contributed by atoms with Crippen LogP contribution in [0, 0.1) is 5.21 Å². The molecule has 0 aromatic heterocycles. The maximum atomic E-state index is 13.8. The standard InChI is InChI=1S/C34H35NO5/c36-35-21-32(39-24-30-17-9-3-10-18-30)33(40-25-31-19-11-4-12-20-31)34(35,26-37-22-28-13-5-1-6-14-28)27-38-23-29-15-7-2-8-16-29/h1-21,32-33H,22-27H2/t32-,33-/m1/s1. The number of hydrogen-bond donors (Lipinski definition) is 0. The number of rotatable bonds is 14. The first kappa shape index (κ1) is 27.7. The molecule has 0 saturated carbocycles. The van der Waals surface area contributed by atoms with Crippen LogP contribution in [0.3, 0.4) is 0 Å². The molecular weight excluding hydrogens is 502 g/mol. The fourth-order valence-electron chi connectivity index (χ4n) is 4.87. The largest absolute Gasteiger partial charge is 0.623 e. The molecule has 1 aliphatic heterocycles. The number of nitrogens with zero attached hydrogens (tertiary/aromatic N) is 1. The third-order valence-corrected chi connectivity index (χ3v) is 7.03. The molecule has 0 N–H and O–H groups in total. The summed E-state index contributed by atoms with van der Waals surface area (Å²) in [6, 6.07) is 39.7. The van der Waals surface area contributed by atoms with Crippen molar-refractivity contribution in [1.82, 2.24) is 0 Å².